The molecule has 0 bridgehead atoms. The Morgan fingerprint density at radius 2 is 2.06 bits per heavy atom. The smallest absolute Gasteiger partial charge is 0.308 e. The first kappa shape index (κ1) is 12.9. The first-order chi connectivity index (χ1) is 7.84. The Morgan fingerprint density at radius 3 is 2.59 bits per heavy atom. The van der Waals surface area contributed by atoms with Crippen LogP contribution in [0, 0.1) is 0 Å². The van der Waals surface area contributed by atoms with Crippen LogP contribution in [0.25, 0.3) is 0 Å². The zero-order chi connectivity index (χ0) is 12.7. The predicted molar refractivity (Wildman–Crippen MR) is 63.7 cm³/mol. The number of alkyl halides is 3. The minimum absolute atomic E-state index is 0.324. The Labute approximate surface area is 107 Å². The summed E-state index contributed by atoms with van der Waals surface area (Å²) in [5, 5.41) is 3.17. The summed E-state index contributed by atoms with van der Waals surface area (Å²) < 4.78 is 39.5. The third-order valence-electron chi connectivity index (χ3n) is 3.24. The molecule has 1 heterocycles. The number of hydrogen-bond acceptors (Lipinski definition) is 1. The van der Waals surface area contributed by atoms with Gasteiger partial charge in [0.1, 0.15) is 0 Å². The Morgan fingerprint density at radius 1 is 1.35 bits per heavy atom. The van der Waals surface area contributed by atoms with Gasteiger partial charge in [0.2, 0.25) is 0 Å². The average Bonchev–Trinajstić information content (AvgIpc) is 2.64. The second kappa shape index (κ2) is 4.28. The molecular weight excluding hydrogens is 295 g/mol. The highest BCUT2D eigenvalue weighted by molar-refractivity contribution is 9.10. The van der Waals surface area contributed by atoms with Crippen LogP contribution < -0.4 is 5.32 Å². The SMILES string of the molecule is CC1(c2c(Br)cccc2C(F)(F)F)CCCN1. The molecule has 94 valence electrons. The standard InChI is InChI=1S/C12H13BrF3N/c1-11(6-3-7-17-11)10-8(12(14,15)16)4-2-5-9(10)13/h2,4-5,17H,3,6-7H2,1H3. The molecule has 1 saturated heterocycles. The van der Waals surface area contributed by atoms with Crippen LogP contribution in [-0.2, 0) is 11.7 Å². The van der Waals surface area contributed by atoms with E-state index in [9.17, 15) is 13.2 Å². The fraction of sp³-hybridized carbons (Fsp3) is 0.500. The van der Waals surface area contributed by atoms with Crippen molar-refractivity contribution in [1.82, 2.24) is 5.32 Å². The van der Waals surface area contributed by atoms with Crippen LogP contribution >= 0.6 is 15.9 Å². The third-order valence-corrected chi connectivity index (χ3v) is 3.90. The van der Waals surface area contributed by atoms with E-state index in [0.29, 0.717) is 10.0 Å². The second-order valence-electron chi connectivity index (χ2n) is 4.52. The number of benzene rings is 1. The Hall–Kier alpha value is -0.550. The van der Waals surface area contributed by atoms with Crippen molar-refractivity contribution in [3.05, 3.63) is 33.8 Å². The largest absolute Gasteiger partial charge is 0.416 e. The maximum Gasteiger partial charge on any atom is 0.416 e. The van der Waals surface area contributed by atoms with E-state index in [2.05, 4.69) is 21.2 Å². The minimum Gasteiger partial charge on any atom is -0.308 e. The van der Waals surface area contributed by atoms with Crippen molar-refractivity contribution in [2.45, 2.75) is 31.5 Å². The van der Waals surface area contributed by atoms with E-state index in [-0.39, 0.29) is 0 Å². The van der Waals surface area contributed by atoms with Gasteiger partial charge in [-0.05, 0) is 44.0 Å². The molecule has 1 aromatic rings. The maximum atomic E-state index is 13.0. The zero-order valence-corrected chi connectivity index (χ0v) is 11.0. The molecule has 0 radical (unpaired) electrons. The number of halogens is 4. The molecule has 1 fully saturated rings. The van der Waals surface area contributed by atoms with Crippen molar-refractivity contribution in [2.24, 2.45) is 0 Å². The molecule has 0 saturated carbocycles. The van der Waals surface area contributed by atoms with Gasteiger partial charge in [0, 0.05) is 10.0 Å². The lowest BCUT2D eigenvalue weighted by Gasteiger charge is -2.29. The van der Waals surface area contributed by atoms with Gasteiger partial charge in [-0.15, -0.1) is 0 Å². The van der Waals surface area contributed by atoms with Crippen molar-refractivity contribution >= 4 is 15.9 Å². The number of nitrogens with one attached hydrogen (secondary N) is 1. The summed E-state index contributed by atoms with van der Waals surface area (Å²) >= 11 is 3.24. The van der Waals surface area contributed by atoms with Gasteiger partial charge in [0.15, 0.2) is 0 Å². The van der Waals surface area contributed by atoms with E-state index in [1.54, 1.807) is 6.07 Å². The fourth-order valence-corrected chi connectivity index (χ4v) is 3.23. The van der Waals surface area contributed by atoms with Gasteiger partial charge in [-0.1, -0.05) is 22.0 Å². The van der Waals surface area contributed by atoms with E-state index in [1.807, 2.05) is 6.92 Å². The summed E-state index contributed by atoms with van der Waals surface area (Å²) in [7, 11) is 0. The van der Waals surface area contributed by atoms with Gasteiger partial charge in [0.25, 0.3) is 0 Å². The highest BCUT2D eigenvalue weighted by Gasteiger charge is 2.41. The van der Waals surface area contributed by atoms with Crippen LogP contribution in [-0.4, -0.2) is 6.54 Å². The molecule has 1 aliphatic rings. The quantitative estimate of drug-likeness (QED) is 0.825. The summed E-state index contributed by atoms with van der Waals surface area (Å²) in [5.74, 6) is 0. The van der Waals surface area contributed by atoms with Gasteiger partial charge < -0.3 is 5.32 Å². The molecule has 1 aromatic carbocycles. The fourth-order valence-electron chi connectivity index (χ4n) is 2.43. The molecule has 2 rings (SSSR count). The maximum absolute atomic E-state index is 13.0. The molecule has 1 nitrogen and oxygen atoms in total. The van der Waals surface area contributed by atoms with E-state index >= 15 is 0 Å². The second-order valence-corrected chi connectivity index (χ2v) is 5.38. The zero-order valence-electron chi connectivity index (χ0n) is 9.37. The molecule has 1 atom stereocenters. The monoisotopic (exact) mass is 307 g/mol. The van der Waals surface area contributed by atoms with Gasteiger partial charge in [-0.3, -0.25) is 0 Å². The highest BCUT2D eigenvalue weighted by atomic mass is 79.9. The Kier molecular flexibility index (Phi) is 3.25. The first-order valence-corrected chi connectivity index (χ1v) is 6.25. The summed E-state index contributed by atoms with van der Waals surface area (Å²) in [6.45, 7) is 2.59. The normalized spacial score (nSPS) is 25.2. The molecule has 1 unspecified atom stereocenters. The predicted octanol–water partition coefficient (Wildman–Crippen LogP) is 4.07. The molecule has 0 aliphatic carbocycles. The van der Waals surface area contributed by atoms with E-state index < -0.39 is 17.3 Å². The lowest BCUT2D eigenvalue weighted by molar-refractivity contribution is -0.138. The van der Waals surface area contributed by atoms with Crippen LogP contribution in [0.4, 0.5) is 13.2 Å². The molecular formula is C12H13BrF3N. The van der Waals surface area contributed by atoms with Gasteiger partial charge in [-0.25, -0.2) is 0 Å². The van der Waals surface area contributed by atoms with Crippen molar-refractivity contribution in [3.63, 3.8) is 0 Å². The Balaban J connectivity index is 2.59. The average molecular weight is 308 g/mol. The van der Waals surface area contributed by atoms with E-state index in [0.717, 1.165) is 25.5 Å². The Bertz CT molecular complexity index is 422. The summed E-state index contributed by atoms with van der Waals surface area (Å²) in [6, 6.07) is 4.23. The van der Waals surface area contributed by atoms with Crippen molar-refractivity contribution in [3.8, 4) is 0 Å². The van der Waals surface area contributed by atoms with Gasteiger partial charge >= 0.3 is 6.18 Å². The first-order valence-electron chi connectivity index (χ1n) is 5.46. The summed E-state index contributed by atoms with van der Waals surface area (Å²) in [6.07, 6.45) is -2.69. The highest BCUT2D eigenvalue weighted by Crippen LogP contribution is 2.43. The molecule has 0 aromatic heterocycles. The van der Waals surface area contributed by atoms with Gasteiger partial charge in [-0.2, -0.15) is 13.2 Å². The molecule has 5 heteroatoms. The third kappa shape index (κ3) is 2.36. The number of rotatable bonds is 1. The van der Waals surface area contributed by atoms with E-state index in [4.69, 9.17) is 0 Å². The summed E-state index contributed by atoms with van der Waals surface area (Å²) in [5.41, 5.74) is -0.820. The van der Waals surface area contributed by atoms with Crippen LogP contribution in [0.5, 0.6) is 0 Å². The topological polar surface area (TPSA) is 12.0 Å². The molecule has 17 heavy (non-hydrogen) atoms. The van der Waals surface area contributed by atoms with Crippen LogP contribution in [0.15, 0.2) is 22.7 Å². The van der Waals surface area contributed by atoms with Gasteiger partial charge in [0.05, 0.1) is 5.56 Å². The van der Waals surface area contributed by atoms with Crippen molar-refractivity contribution in [2.75, 3.05) is 6.54 Å². The lowest BCUT2D eigenvalue weighted by Crippen LogP contribution is -2.35. The molecule has 1 aliphatic heterocycles. The van der Waals surface area contributed by atoms with E-state index in [1.165, 1.54) is 6.07 Å². The van der Waals surface area contributed by atoms with Crippen molar-refractivity contribution < 1.29 is 13.2 Å². The van der Waals surface area contributed by atoms with Crippen molar-refractivity contribution in [1.29, 1.82) is 0 Å². The summed E-state index contributed by atoms with van der Waals surface area (Å²) in [4.78, 5) is 0. The molecule has 0 amide bonds. The molecule has 1 N–H and O–H groups in total. The molecule has 0 spiro atoms. The number of hydrogen-bond donors (Lipinski definition) is 1. The minimum atomic E-state index is -4.31. The van der Waals surface area contributed by atoms with Crippen LogP contribution in [0.3, 0.4) is 0 Å². The van der Waals surface area contributed by atoms with Crippen LogP contribution in [0.2, 0.25) is 0 Å². The van der Waals surface area contributed by atoms with Crippen LogP contribution in [0.1, 0.15) is 30.9 Å². The lowest BCUT2D eigenvalue weighted by atomic mass is 9.86.